The summed E-state index contributed by atoms with van der Waals surface area (Å²) >= 11 is 0. The molecule has 18 heavy (non-hydrogen) atoms. The molecule has 1 fully saturated rings. The number of aliphatic hydroxyl groups is 1. The molecule has 1 aromatic rings. The first kappa shape index (κ1) is 12.2. The van der Waals surface area contributed by atoms with Crippen LogP contribution in [0.25, 0.3) is 0 Å². The average Bonchev–Trinajstić information content (AvgIpc) is 2.81. The normalized spacial score (nSPS) is 29.2. The standard InChI is InChI=1S/C14H23N3O/c1-2-16-7-3-4-11(8-16)13-10-17-9-12(18)5-6-14(17)15-13/h10-12,18H,2-9H2,1H3. The maximum atomic E-state index is 9.70. The summed E-state index contributed by atoms with van der Waals surface area (Å²) in [5.41, 5.74) is 1.25. The van der Waals surface area contributed by atoms with E-state index in [-0.39, 0.29) is 6.10 Å². The predicted molar refractivity (Wildman–Crippen MR) is 70.6 cm³/mol. The molecule has 0 saturated carbocycles. The van der Waals surface area contributed by atoms with Crippen LogP contribution in [0.3, 0.4) is 0 Å². The Bertz CT molecular complexity index is 415. The third-order valence-electron chi connectivity index (χ3n) is 4.36. The van der Waals surface area contributed by atoms with Crippen molar-refractivity contribution in [3.63, 3.8) is 0 Å². The lowest BCUT2D eigenvalue weighted by Crippen LogP contribution is -2.34. The van der Waals surface area contributed by atoms with E-state index < -0.39 is 0 Å². The van der Waals surface area contributed by atoms with Gasteiger partial charge in [0.2, 0.25) is 0 Å². The van der Waals surface area contributed by atoms with Gasteiger partial charge in [0.15, 0.2) is 0 Å². The molecule has 2 aliphatic heterocycles. The van der Waals surface area contributed by atoms with Gasteiger partial charge in [-0.1, -0.05) is 6.92 Å². The molecule has 0 aromatic carbocycles. The second-order valence-electron chi connectivity index (χ2n) is 5.66. The Kier molecular flexibility index (Phi) is 3.39. The molecule has 3 rings (SSSR count). The van der Waals surface area contributed by atoms with Gasteiger partial charge in [-0.05, 0) is 32.4 Å². The van der Waals surface area contributed by atoms with Crippen molar-refractivity contribution in [1.29, 1.82) is 0 Å². The van der Waals surface area contributed by atoms with Crippen LogP contribution in [0.5, 0.6) is 0 Å². The number of fused-ring (bicyclic) bond motifs is 1. The van der Waals surface area contributed by atoms with Crippen LogP contribution in [-0.2, 0) is 13.0 Å². The second-order valence-corrected chi connectivity index (χ2v) is 5.66. The molecule has 2 unspecified atom stereocenters. The third-order valence-corrected chi connectivity index (χ3v) is 4.36. The van der Waals surface area contributed by atoms with Gasteiger partial charge in [0.05, 0.1) is 11.8 Å². The smallest absolute Gasteiger partial charge is 0.109 e. The molecule has 0 amide bonds. The molecule has 1 saturated heterocycles. The fraction of sp³-hybridized carbons (Fsp3) is 0.786. The van der Waals surface area contributed by atoms with Crippen LogP contribution in [-0.4, -0.2) is 45.3 Å². The number of rotatable bonds is 2. The van der Waals surface area contributed by atoms with Crippen LogP contribution in [0.4, 0.5) is 0 Å². The highest BCUT2D eigenvalue weighted by molar-refractivity contribution is 5.13. The predicted octanol–water partition coefficient (Wildman–Crippen LogP) is 1.39. The van der Waals surface area contributed by atoms with Crippen molar-refractivity contribution in [2.75, 3.05) is 19.6 Å². The number of likely N-dealkylation sites (N-methyl/N-ethyl adjacent to an activating group) is 1. The van der Waals surface area contributed by atoms with Crippen LogP contribution in [0.2, 0.25) is 0 Å². The van der Waals surface area contributed by atoms with Gasteiger partial charge in [-0.3, -0.25) is 0 Å². The van der Waals surface area contributed by atoms with Gasteiger partial charge < -0.3 is 14.6 Å². The van der Waals surface area contributed by atoms with Gasteiger partial charge in [0, 0.05) is 31.6 Å². The molecule has 4 heteroatoms. The second kappa shape index (κ2) is 5.02. The SMILES string of the molecule is CCN1CCCC(c2cn3c(n2)CCC(O)C3)C1. The van der Waals surface area contributed by atoms with E-state index in [0.717, 1.165) is 32.5 Å². The number of likely N-dealkylation sites (tertiary alicyclic amines) is 1. The monoisotopic (exact) mass is 249 g/mol. The van der Waals surface area contributed by atoms with Crippen LogP contribution in [0.1, 0.15) is 43.6 Å². The average molecular weight is 249 g/mol. The number of hydrogen-bond donors (Lipinski definition) is 1. The molecule has 3 heterocycles. The summed E-state index contributed by atoms with van der Waals surface area (Å²) < 4.78 is 2.16. The Balaban J connectivity index is 1.76. The lowest BCUT2D eigenvalue weighted by atomic mass is 9.95. The van der Waals surface area contributed by atoms with Crippen molar-refractivity contribution in [3.05, 3.63) is 17.7 Å². The van der Waals surface area contributed by atoms with Gasteiger partial charge in [-0.15, -0.1) is 0 Å². The highest BCUT2D eigenvalue weighted by Gasteiger charge is 2.25. The number of aryl methyl sites for hydroxylation is 1. The van der Waals surface area contributed by atoms with E-state index >= 15 is 0 Å². The van der Waals surface area contributed by atoms with Gasteiger partial charge in [-0.2, -0.15) is 0 Å². The summed E-state index contributed by atoms with van der Waals surface area (Å²) in [5, 5.41) is 9.70. The van der Waals surface area contributed by atoms with Gasteiger partial charge in [-0.25, -0.2) is 4.98 Å². The van der Waals surface area contributed by atoms with E-state index in [1.165, 1.54) is 30.9 Å². The third kappa shape index (κ3) is 2.31. The minimum Gasteiger partial charge on any atom is -0.391 e. The van der Waals surface area contributed by atoms with Gasteiger partial charge >= 0.3 is 0 Å². The maximum Gasteiger partial charge on any atom is 0.109 e. The topological polar surface area (TPSA) is 41.3 Å². The van der Waals surface area contributed by atoms with E-state index in [1.807, 2.05) is 0 Å². The van der Waals surface area contributed by atoms with Gasteiger partial charge in [0.1, 0.15) is 5.82 Å². The van der Waals surface area contributed by atoms with Crippen LogP contribution in [0, 0.1) is 0 Å². The number of hydrogen-bond acceptors (Lipinski definition) is 3. The minimum atomic E-state index is -0.182. The Morgan fingerprint density at radius 1 is 1.39 bits per heavy atom. The summed E-state index contributed by atoms with van der Waals surface area (Å²) in [6, 6.07) is 0. The molecular formula is C14H23N3O. The van der Waals surface area contributed by atoms with E-state index in [9.17, 15) is 5.11 Å². The molecule has 2 aliphatic rings. The summed E-state index contributed by atoms with van der Waals surface area (Å²) in [7, 11) is 0. The largest absolute Gasteiger partial charge is 0.391 e. The Morgan fingerprint density at radius 3 is 3.11 bits per heavy atom. The van der Waals surface area contributed by atoms with Crippen molar-refractivity contribution >= 4 is 0 Å². The quantitative estimate of drug-likeness (QED) is 0.861. The van der Waals surface area contributed by atoms with Gasteiger partial charge in [0.25, 0.3) is 0 Å². The zero-order chi connectivity index (χ0) is 12.5. The maximum absolute atomic E-state index is 9.70. The molecule has 2 atom stereocenters. The molecular weight excluding hydrogens is 226 g/mol. The molecule has 100 valence electrons. The zero-order valence-electron chi connectivity index (χ0n) is 11.2. The lowest BCUT2D eigenvalue weighted by molar-refractivity contribution is 0.130. The van der Waals surface area contributed by atoms with Crippen LogP contribution in [0.15, 0.2) is 6.20 Å². The van der Waals surface area contributed by atoms with Crippen LogP contribution < -0.4 is 0 Å². The van der Waals surface area contributed by atoms with Crippen molar-refractivity contribution in [1.82, 2.24) is 14.5 Å². The fourth-order valence-electron chi connectivity index (χ4n) is 3.23. The zero-order valence-corrected chi connectivity index (χ0v) is 11.2. The Labute approximate surface area is 109 Å². The fourth-order valence-corrected chi connectivity index (χ4v) is 3.23. The molecule has 0 radical (unpaired) electrons. The molecule has 0 spiro atoms. The van der Waals surface area contributed by atoms with E-state index in [1.54, 1.807) is 0 Å². The first-order chi connectivity index (χ1) is 8.76. The first-order valence-electron chi connectivity index (χ1n) is 7.22. The lowest BCUT2D eigenvalue weighted by Gasteiger charge is -2.30. The molecule has 0 aliphatic carbocycles. The highest BCUT2D eigenvalue weighted by atomic mass is 16.3. The Hall–Kier alpha value is -0.870. The molecule has 4 nitrogen and oxygen atoms in total. The van der Waals surface area contributed by atoms with Crippen LogP contribution >= 0.6 is 0 Å². The van der Waals surface area contributed by atoms with Crippen molar-refractivity contribution in [2.24, 2.45) is 0 Å². The van der Waals surface area contributed by atoms with Crippen molar-refractivity contribution < 1.29 is 5.11 Å². The molecule has 1 N–H and O–H groups in total. The highest BCUT2D eigenvalue weighted by Crippen LogP contribution is 2.27. The first-order valence-corrected chi connectivity index (χ1v) is 7.22. The summed E-state index contributed by atoms with van der Waals surface area (Å²) in [4.78, 5) is 7.32. The summed E-state index contributed by atoms with van der Waals surface area (Å²) in [6.07, 6.45) is 6.33. The van der Waals surface area contributed by atoms with E-state index in [2.05, 4.69) is 22.6 Å². The number of piperidine rings is 1. The number of nitrogens with zero attached hydrogens (tertiary/aromatic N) is 3. The van der Waals surface area contributed by atoms with E-state index in [0.29, 0.717) is 5.92 Å². The van der Waals surface area contributed by atoms with Crippen molar-refractivity contribution in [3.8, 4) is 0 Å². The number of imidazole rings is 1. The van der Waals surface area contributed by atoms with Crippen molar-refractivity contribution in [2.45, 2.75) is 51.2 Å². The molecule has 1 aromatic heterocycles. The number of aliphatic hydroxyl groups excluding tert-OH is 1. The summed E-state index contributed by atoms with van der Waals surface area (Å²) in [6.45, 7) is 6.49. The Morgan fingerprint density at radius 2 is 2.28 bits per heavy atom. The molecule has 0 bridgehead atoms. The number of aromatic nitrogens is 2. The van der Waals surface area contributed by atoms with E-state index in [4.69, 9.17) is 4.98 Å². The minimum absolute atomic E-state index is 0.182. The summed E-state index contributed by atoms with van der Waals surface area (Å²) in [5.74, 6) is 1.76.